The highest BCUT2D eigenvalue weighted by atomic mass is 16.3. The number of hydrogen-bond donors (Lipinski definition) is 0. The van der Waals surface area contributed by atoms with Crippen LogP contribution in [0.2, 0.25) is 0 Å². The maximum absolute atomic E-state index is 7.12. The Labute approximate surface area is 481 Å². The molecule has 16 rings (SSSR count). The van der Waals surface area contributed by atoms with Gasteiger partial charge in [-0.15, -0.1) is 0 Å². The van der Waals surface area contributed by atoms with E-state index in [9.17, 15) is 0 Å². The van der Waals surface area contributed by atoms with Gasteiger partial charge in [0.15, 0.2) is 11.2 Å². The van der Waals surface area contributed by atoms with E-state index in [1.54, 1.807) is 0 Å². The molecule has 0 spiro atoms. The number of furan rings is 2. The molecule has 4 heteroatoms. The van der Waals surface area contributed by atoms with Crippen molar-refractivity contribution < 1.29 is 8.83 Å². The van der Waals surface area contributed by atoms with Crippen molar-refractivity contribution in [1.29, 1.82) is 0 Å². The largest absolute Gasteiger partial charge is 0.454 e. The fourth-order valence-corrected chi connectivity index (χ4v) is 13.1. The van der Waals surface area contributed by atoms with Gasteiger partial charge in [0.05, 0.1) is 34.1 Å². The van der Waals surface area contributed by atoms with Crippen LogP contribution in [0.25, 0.3) is 115 Å². The molecule has 1 aliphatic carbocycles. The Hall–Kier alpha value is -10.7. The highest BCUT2D eigenvalue weighted by Crippen LogP contribution is 2.53. The van der Waals surface area contributed by atoms with Crippen LogP contribution in [0.1, 0.15) is 23.1 Å². The number of nitrogens with zero attached hydrogens (tertiary/aromatic N) is 2. The Bertz CT molecular complexity index is 5140. The van der Waals surface area contributed by atoms with Crippen LogP contribution in [-0.2, 0) is 0 Å². The zero-order valence-corrected chi connectivity index (χ0v) is 46.0. The summed E-state index contributed by atoms with van der Waals surface area (Å²) in [6.45, 7) is 4.27. The number of para-hydroxylation sites is 4. The van der Waals surface area contributed by atoms with Crippen molar-refractivity contribution >= 4 is 116 Å². The van der Waals surface area contributed by atoms with E-state index in [1.807, 2.05) is 0 Å². The molecule has 0 bridgehead atoms. The second kappa shape index (κ2) is 19.5. The van der Waals surface area contributed by atoms with Crippen molar-refractivity contribution in [1.82, 2.24) is 0 Å². The van der Waals surface area contributed by atoms with Gasteiger partial charge >= 0.3 is 0 Å². The van der Waals surface area contributed by atoms with Crippen molar-refractivity contribution in [2.24, 2.45) is 0 Å². The van der Waals surface area contributed by atoms with Gasteiger partial charge in [-0.05, 0) is 135 Å². The van der Waals surface area contributed by atoms with E-state index >= 15 is 0 Å². The topological polar surface area (TPSA) is 32.8 Å². The number of aryl methyl sites for hydroxylation is 2. The van der Waals surface area contributed by atoms with Crippen LogP contribution in [0.5, 0.6) is 0 Å². The number of anilines is 6. The number of rotatable bonds is 10. The first-order valence-corrected chi connectivity index (χ1v) is 28.6. The summed E-state index contributed by atoms with van der Waals surface area (Å²) < 4.78 is 14.2. The van der Waals surface area contributed by atoms with Gasteiger partial charge in [-0.1, -0.05) is 231 Å². The second-order valence-corrected chi connectivity index (χ2v) is 21.9. The van der Waals surface area contributed by atoms with Crippen molar-refractivity contribution in [3.63, 3.8) is 0 Å². The van der Waals surface area contributed by atoms with Crippen molar-refractivity contribution in [3.05, 3.63) is 296 Å². The van der Waals surface area contributed by atoms with Crippen LogP contribution in [0.3, 0.4) is 0 Å². The minimum absolute atomic E-state index is 0.838. The standard InChI is InChI=1S/C79H54N2O2/c1-50-20-16-30-60-62-32-18-34-72(78(62)82-76(50)60)80(70-46-40-58(52-22-8-3-4-9-23-52)48-66(70)54-26-12-6-13-27-54)68-44-38-56-37-43-65-69(45-39-57-36-42-64(68)74(56)75(57)65)81(73-35-19-33-63-61-31-17-21-51(2)77(61)83-79(63)73)71-47-41-59(53-24-10-5-11-25-53)49-67(71)55-28-14-7-15-29-55/h3,5-49H,4H2,1-2H3. The quantitative estimate of drug-likeness (QED) is 0.128. The molecular weight excluding hydrogens is 1010 g/mol. The predicted molar refractivity (Wildman–Crippen MR) is 351 cm³/mol. The summed E-state index contributed by atoms with van der Waals surface area (Å²) in [6.07, 6.45) is 12.0. The summed E-state index contributed by atoms with van der Waals surface area (Å²) in [4.78, 5) is 4.93. The van der Waals surface area contributed by atoms with Crippen LogP contribution < -0.4 is 9.80 Å². The van der Waals surface area contributed by atoms with E-state index in [-0.39, 0.29) is 0 Å². The average Bonchev–Trinajstić information content (AvgIpc) is 3.01. The monoisotopic (exact) mass is 1060 g/mol. The van der Waals surface area contributed by atoms with Crippen LogP contribution >= 0.6 is 0 Å². The maximum Gasteiger partial charge on any atom is 0.159 e. The lowest BCUT2D eigenvalue weighted by Crippen LogP contribution is -2.13. The maximum atomic E-state index is 7.12. The Morgan fingerprint density at radius 3 is 1.27 bits per heavy atom. The molecule has 2 aromatic heterocycles. The van der Waals surface area contributed by atoms with Gasteiger partial charge < -0.3 is 18.6 Å². The van der Waals surface area contributed by atoms with Crippen LogP contribution in [0.15, 0.2) is 288 Å². The summed E-state index contributed by atoms with van der Waals surface area (Å²) >= 11 is 0. The summed E-state index contributed by atoms with van der Waals surface area (Å²) in [5.74, 6) is 0. The van der Waals surface area contributed by atoms with E-state index in [4.69, 9.17) is 8.83 Å². The minimum Gasteiger partial charge on any atom is -0.454 e. The Morgan fingerprint density at radius 2 is 0.747 bits per heavy atom. The summed E-state index contributed by atoms with van der Waals surface area (Å²) in [5, 5.41) is 11.3. The molecule has 0 radical (unpaired) electrons. The molecule has 0 N–H and O–H groups in total. The molecule has 0 amide bonds. The molecule has 0 unspecified atom stereocenters. The molecule has 83 heavy (non-hydrogen) atoms. The van der Waals surface area contributed by atoms with Crippen LogP contribution in [-0.4, -0.2) is 0 Å². The Balaban J connectivity index is 0.983. The minimum atomic E-state index is 0.838. The first-order chi connectivity index (χ1) is 41.0. The highest BCUT2D eigenvalue weighted by Gasteiger charge is 2.29. The van der Waals surface area contributed by atoms with Gasteiger partial charge in [0, 0.05) is 43.4 Å². The lowest BCUT2D eigenvalue weighted by Gasteiger charge is -2.31. The molecule has 0 saturated heterocycles. The number of fused-ring (bicyclic) bond motifs is 6. The normalized spacial score (nSPS) is 12.6. The van der Waals surface area contributed by atoms with Crippen molar-refractivity contribution in [3.8, 4) is 33.4 Å². The molecule has 15 aromatic rings. The van der Waals surface area contributed by atoms with Crippen molar-refractivity contribution in [2.75, 3.05) is 9.80 Å². The number of allylic oxidation sites excluding steroid dienone is 6. The zero-order chi connectivity index (χ0) is 55.1. The summed E-state index contributed by atoms with van der Waals surface area (Å²) in [5.41, 5.74) is 20.9. The van der Waals surface area contributed by atoms with E-state index in [0.717, 1.165) is 156 Å². The molecule has 0 aliphatic heterocycles. The van der Waals surface area contributed by atoms with Gasteiger partial charge in [0.1, 0.15) is 11.2 Å². The number of hydrogen-bond acceptors (Lipinski definition) is 4. The average molecular weight is 1060 g/mol. The SMILES string of the molecule is Cc1cccc2c1oc1c(N(c3ccc(C4=CC=CCC=C4)cc3-c3ccccc3)c3ccc4ccc5c(N(c6ccc(-c7ccccc7)cc6-c6ccccc6)c6cccc7c6oc6c(C)cccc67)ccc6ccc3c4c65)cccc12. The summed E-state index contributed by atoms with van der Waals surface area (Å²) in [7, 11) is 0. The molecule has 392 valence electrons. The van der Waals surface area contributed by atoms with E-state index in [0.29, 0.717) is 0 Å². The third-order valence-electron chi connectivity index (χ3n) is 17.0. The van der Waals surface area contributed by atoms with Crippen LogP contribution in [0.4, 0.5) is 34.1 Å². The van der Waals surface area contributed by atoms with E-state index in [1.165, 1.54) is 16.3 Å². The molecular formula is C79H54N2O2. The third kappa shape index (κ3) is 7.90. The lowest BCUT2D eigenvalue weighted by atomic mass is 9.90. The molecule has 13 aromatic carbocycles. The smallest absolute Gasteiger partial charge is 0.159 e. The van der Waals surface area contributed by atoms with Crippen molar-refractivity contribution in [2.45, 2.75) is 20.3 Å². The first-order valence-electron chi connectivity index (χ1n) is 28.6. The highest BCUT2D eigenvalue weighted by molar-refractivity contribution is 6.29. The second-order valence-electron chi connectivity index (χ2n) is 21.9. The third-order valence-corrected chi connectivity index (χ3v) is 17.0. The first kappa shape index (κ1) is 48.2. The molecule has 4 nitrogen and oxygen atoms in total. The number of benzene rings is 13. The molecule has 0 fully saturated rings. The van der Waals surface area contributed by atoms with E-state index < -0.39 is 0 Å². The van der Waals surface area contributed by atoms with Gasteiger partial charge in [-0.25, -0.2) is 0 Å². The van der Waals surface area contributed by atoms with Gasteiger partial charge in [0.25, 0.3) is 0 Å². The predicted octanol–water partition coefficient (Wildman–Crippen LogP) is 22.8. The molecule has 2 heterocycles. The fraction of sp³-hybridized carbons (Fsp3) is 0.0380. The van der Waals surface area contributed by atoms with Gasteiger partial charge in [-0.3, -0.25) is 0 Å². The molecule has 0 atom stereocenters. The van der Waals surface area contributed by atoms with Gasteiger partial charge in [0.2, 0.25) is 0 Å². The zero-order valence-electron chi connectivity index (χ0n) is 46.0. The van der Waals surface area contributed by atoms with Gasteiger partial charge in [-0.2, -0.15) is 0 Å². The molecule has 1 aliphatic rings. The molecule has 0 saturated carbocycles. The lowest BCUT2D eigenvalue weighted by molar-refractivity contribution is 0.665. The fourth-order valence-electron chi connectivity index (χ4n) is 13.1. The Morgan fingerprint density at radius 1 is 0.313 bits per heavy atom. The van der Waals surface area contributed by atoms with E-state index in [2.05, 4.69) is 303 Å². The summed E-state index contributed by atoms with van der Waals surface area (Å²) in [6, 6.07) is 90.9. The van der Waals surface area contributed by atoms with Crippen LogP contribution in [0, 0.1) is 13.8 Å². The Kier molecular flexibility index (Phi) is 11.4.